The van der Waals surface area contributed by atoms with Crippen molar-refractivity contribution in [3.63, 3.8) is 0 Å². The zero-order valence-electron chi connectivity index (χ0n) is 18.3. The zero-order chi connectivity index (χ0) is 20.0. The summed E-state index contributed by atoms with van der Waals surface area (Å²) in [6.45, 7) is 11.1. The number of rotatable bonds is 5. The van der Waals surface area contributed by atoms with Gasteiger partial charge in [-0.05, 0) is 25.7 Å². The number of esters is 1. The molecule has 2 aliphatic heterocycles. The number of nitrogens with one attached hydrogen (secondary N) is 1. The first-order chi connectivity index (χ1) is 13.6. The van der Waals surface area contributed by atoms with E-state index in [4.69, 9.17) is 14.5 Å². The van der Waals surface area contributed by atoms with Gasteiger partial charge in [-0.2, -0.15) is 0 Å². The number of halogens is 1. The van der Waals surface area contributed by atoms with Crippen LogP contribution in [0.5, 0.6) is 0 Å². The minimum Gasteiger partial charge on any atom is -0.469 e. The molecule has 29 heavy (non-hydrogen) atoms. The number of methoxy groups -OCH3 is 1. The van der Waals surface area contributed by atoms with Gasteiger partial charge >= 0.3 is 5.97 Å². The summed E-state index contributed by atoms with van der Waals surface area (Å²) in [5, 5.41) is 3.46. The van der Waals surface area contributed by atoms with E-state index in [0.717, 1.165) is 51.9 Å². The standard InChI is InChI=1S/C21H38N4O3.HI/c1-4-22-20(24-14-17(2)18(15-24)19(26)27-3)23-16-21(8-6-5-7-9-21)25-10-12-28-13-11-25;/h17-18H,4-16H2,1-3H3,(H,22,23);1H. The van der Waals surface area contributed by atoms with E-state index in [9.17, 15) is 4.79 Å². The van der Waals surface area contributed by atoms with Gasteiger partial charge in [0.25, 0.3) is 0 Å². The lowest BCUT2D eigenvalue weighted by atomic mass is 9.80. The van der Waals surface area contributed by atoms with Crippen LogP contribution in [-0.2, 0) is 14.3 Å². The molecule has 1 saturated carbocycles. The van der Waals surface area contributed by atoms with Crippen LogP contribution in [0, 0.1) is 11.8 Å². The largest absolute Gasteiger partial charge is 0.469 e. The highest BCUT2D eigenvalue weighted by molar-refractivity contribution is 14.0. The molecule has 2 saturated heterocycles. The van der Waals surface area contributed by atoms with Crippen molar-refractivity contribution in [2.45, 2.75) is 51.5 Å². The molecular weight excluding hydrogens is 483 g/mol. The minimum absolute atomic E-state index is 0. The molecule has 168 valence electrons. The van der Waals surface area contributed by atoms with E-state index in [-0.39, 0.29) is 47.3 Å². The van der Waals surface area contributed by atoms with Crippen LogP contribution in [0.25, 0.3) is 0 Å². The van der Waals surface area contributed by atoms with Gasteiger partial charge in [-0.1, -0.05) is 26.2 Å². The highest BCUT2D eigenvalue weighted by Gasteiger charge is 2.40. The summed E-state index contributed by atoms with van der Waals surface area (Å²) in [5.74, 6) is 1.04. The Kier molecular flexibility index (Phi) is 9.94. The van der Waals surface area contributed by atoms with Gasteiger partial charge in [0.15, 0.2) is 5.96 Å². The number of aliphatic imine (C=N–C) groups is 1. The number of carbonyl (C=O) groups excluding carboxylic acids is 1. The fourth-order valence-electron chi connectivity index (χ4n) is 5.07. The van der Waals surface area contributed by atoms with E-state index in [1.807, 2.05) is 0 Å². The summed E-state index contributed by atoms with van der Waals surface area (Å²) >= 11 is 0. The summed E-state index contributed by atoms with van der Waals surface area (Å²) in [4.78, 5) is 22.1. The Morgan fingerprint density at radius 2 is 1.90 bits per heavy atom. The average Bonchev–Trinajstić information content (AvgIpc) is 3.13. The van der Waals surface area contributed by atoms with Crippen LogP contribution in [0.3, 0.4) is 0 Å². The summed E-state index contributed by atoms with van der Waals surface area (Å²) in [6, 6.07) is 0. The Morgan fingerprint density at radius 1 is 1.21 bits per heavy atom. The first-order valence-corrected chi connectivity index (χ1v) is 11.0. The maximum atomic E-state index is 12.1. The molecule has 3 rings (SSSR count). The van der Waals surface area contributed by atoms with Gasteiger partial charge in [-0.25, -0.2) is 0 Å². The molecule has 0 radical (unpaired) electrons. The SMILES string of the molecule is CCNC(=NCC1(N2CCOCC2)CCCCC1)N1CC(C)C(C(=O)OC)C1.I. The Hall–Kier alpha value is -0.610. The quantitative estimate of drug-likeness (QED) is 0.259. The molecular formula is C21H39IN4O3. The fourth-order valence-corrected chi connectivity index (χ4v) is 5.07. The molecule has 2 unspecified atom stereocenters. The van der Waals surface area contributed by atoms with Gasteiger partial charge < -0.3 is 19.7 Å². The molecule has 7 nitrogen and oxygen atoms in total. The molecule has 2 heterocycles. The lowest BCUT2D eigenvalue weighted by molar-refractivity contribution is -0.145. The van der Waals surface area contributed by atoms with E-state index in [2.05, 4.69) is 29.0 Å². The van der Waals surface area contributed by atoms with Crippen molar-refractivity contribution in [2.75, 3.05) is 59.6 Å². The average molecular weight is 522 g/mol. The second kappa shape index (κ2) is 11.7. The van der Waals surface area contributed by atoms with Crippen molar-refractivity contribution in [2.24, 2.45) is 16.8 Å². The van der Waals surface area contributed by atoms with E-state index in [1.54, 1.807) is 0 Å². The monoisotopic (exact) mass is 522 g/mol. The summed E-state index contributed by atoms with van der Waals surface area (Å²) in [7, 11) is 1.48. The van der Waals surface area contributed by atoms with Crippen LogP contribution in [0.15, 0.2) is 4.99 Å². The van der Waals surface area contributed by atoms with E-state index < -0.39 is 0 Å². The van der Waals surface area contributed by atoms with Gasteiger partial charge in [0.05, 0.1) is 32.8 Å². The second-order valence-corrected chi connectivity index (χ2v) is 8.57. The number of morpholine rings is 1. The number of carbonyl (C=O) groups is 1. The lowest BCUT2D eigenvalue weighted by Crippen LogP contribution is -2.56. The molecule has 1 aliphatic carbocycles. The third-order valence-corrected chi connectivity index (χ3v) is 6.74. The van der Waals surface area contributed by atoms with E-state index in [0.29, 0.717) is 6.54 Å². The van der Waals surface area contributed by atoms with Gasteiger partial charge in [0, 0.05) is 38.3 Å². The van der Waals surface area contributed by atoms with Gasteiger partial charge in [-0.15, -0.1) is 24.0 Å². The number of ether oxygens (including phenoxy) is 2. The van der Waals surface area contributed by atoms with Crippen molar-refractivity contribution in [1.82, 2.24) is 15.1 Å². The van der Waals surface area contributed by atoms with Crippen molar-refractivity contribution < 1.29 is 14.3 Å². The van der Waals surface area contributed by atoms with Crippen LogP contribution in [0.4, 0.5) is 0 Å². The smallest absolute Gasteiger partial charge is 0.310 e. The number of hydrogen-bond donors (Lipinski definition) is 1. The maximum Gasteiger partial charge on any atom is 0.310 e. The zero-order valence-corrected chi connectivity index (χ0v) is 20.7. The molecule has 0 aromatic carbocycles. The van der Waals surface area contributed by atoms with Crippen LogP contribution in [-0.4, -0.2) is 86.9 Å². The highest BCUT2D eigenvalue weighted by Crippen LogP contribution is 2.35. The number of likely N-dealkylation sites (tertiary alicyclic amines) is 1. The number of hydrogen-bond acceptors (Lipinski definition) is 5. The van der Waals surface area contributed by atoms with Crippen LogP contribution >= 0.6 is 24.0 Å². The molecule has 3 fully saturated rings. The Balaban J connectivity index is 0.00000300. The van der Waals surface area contributed by atoms with Gasteiger partial charge in [0.1, 0.15) is 0 Å². The molecule has 0 spiro atoms. The third-order valence-electron chi connectivity index (χ3n) is 6.74. The summed E-state index contributed by atoms with van der Waals surface area (Å²) < 4.78 is 10.6. The van der Waals surface area contributed by atoms with Crippen LogP contribution < -0.4 is 5.32 Å². The molecule has 0 bridgehead atoms. The lowest BCUT2D eigenvalue weighted by Gasteiger charge is -2.47. The highest BCUT2D eigenvalue weighted by atomic mass is 127. The number of nitrogens with zero attached hydrogens (tertiary/aromatic N) is 3. The summed E-state index contributed by atoms with van der Waals surface area (Å²) in [5.41, 5.74) is 0.162. The van der Waals surface area contributed by atoms with E-state index >= 15 is 0 Å². The Labute approximate surface area is 193 Å². The molecule has 0 amide bonds. The first-order valence-electron chi connectivity index (χ1n) is 11.0. The van der Waals surface area contributed by atoms with Gasteiger partial charge in [0.2, 0.25) is 0 Å². The minimum atomic E-state index is -0.108. The van der Waals surface area contributed by atoms with E-state index in [1.165, 1.54) is 39.2 Å². The van der Waals surface area contributed by atoms with Crippen molar-refractivity contribution >= 4 is 35.9 Å². The molecule has 1 N–H and O–H groups in total. The van der Waals surface area contributed by atoms with Crippen molar-refractivity contribution in [3.05, 3.63) is 0 Å². The van der Waals surface area contributed by atoms with Crippen LogP contribution in [0.1, 0.15) is 46.0 Å². The van der Waals surface area contributed by atoms with Crippen molar-refractivity contribution in [3.8, 4) is 0 Å². The van der Waals surface area contributed by atoms with Gasteiger partial charge in [-0.3, -0.25) is 14.7 Å². The molecule has 8 heteroatoms. The maximum absolute atomic E-state index is 12.1. The molecule has 0 aromatic heterocycles. The second-order valence-electron chi connectivity index (χ2n) is 8.57. The summed E-state index contributed by atoms with van der Waals surface area (Å²) in [6.07, 6.45) is 6.34. The molecule has 3 aliphatic rings. The first kappa shape index (κ1) is 24.7. The normalized spacial score (nSPS) is 28.0. The van der Waals surface area contributed by atoms with Crippen molar-refractivity contribution in [1.29, 1.82) is 0 Å². The Morgan fingerprint density at radius 3 is 2.52 bits per heavy atom. The topological polar surface area (TPSA) is 66.4 Å². The fraction of sp³-hybridized carbons (Fsp3) is 0.905. The van der Waals surface area contributed by atoms with Crippen LogP contribution in [0.2, 0.25) is 0 Å². The predicted octanol–water partition coefficient (Wildman–Crippen LogP) is 2.35. The number of guanidine groups is 1. The molecule has 2 atom stereocenters. The Bertz CT molecular complexity index is 548. The molecule has 0 aromatic rings. The predicted molar refractivity (Wildman–Crippen MR) is 126 cm³/mol. The third kappa shape index (κ3) is 5.97.